The van der Waals surface area contributed by atoms with Crippen molar-refractivity contribution in [3.05, 3.63) is 54.0 Å². The van der Waals surface area contributed by atoms with Gasteiger partial charge >= 0.3 is 0 Å². The molecule has 7 nitrogen and oxygen atoms in total. The fourth-order valence-corrected chi connectivity index (χ4v) is 3.28. The van der Waals surface area contributed by atoms with Gasteiger partial charge in [0.05, 0.1) is 0 Å². The summed E-state index contributed by atoms with van der Waals surface area (Å²) >= 11 is 0. The SMILES string of the molecule is Nc1ncc(CN2CCCN(C(=O)c3cc4ccccc4o3)CC2)cn1. The maximum absolute atomic E-state index is 12.8. The zero-order chi connectivity index (χ0) is 17.9. The van der Waals surface area contributed by atoms with Gasteiger partial charge in [-0.25, -0.2) is 9.97 Å². The van der Waals surface area contributed by atoms with Crippen LogP contribution >= 0.6 is 0 Å². The van der Waals surface area contributed by atoms with Crippen LogP contribution in [-0.2, 0) is 6.54 Å². The highest BCUT2D eigenvalue weighted by Crippen LogP contribution is 2.20. The zero-order valence-corrected chi connectivity index (χ0v) is 14.5. The molecular weight excluding hydrogens is 330 g/mol. The molecule has 1 aliphatic heterocycles. The summed E-state index contributed by atoms with van der Waals surface area (Å²) in [4.78, 5) is 25.1. The Morgan fingerprint density at radius 2 is 1.92 bits per heavy atom. The maximum atomic E-state index is 12.8. The molecule has 0 atom stereocenters. The number of para-hydroxylation sites is 1. The van der Waals surface area contributed by atoms with Gasteiger partial charge in [-0.3, -0.25) is 9.69 Å². The molecule has 1 aromatic carbocycles. The number of nitrogen functional groups attached to an aromatic ring is 1. The minimum atomic E-state index is -0.0427. The third-order valence-corrected chi connectivity index (χ3v) is 4.64. The molecule has 134 valence electrons. The van der Waals surface area contributed by atoms with Gasteiger partial charge in [-0.15, -0.1) is 0 Å². The number of amides is 1. The number of carbonyl (C=O) groups is 1. The van der Waals surface area contributed by atoms with E-state index in [9.17, 15) is 4.79 Å². The van der Waals surface area contributed by atoms with Crippen LogP contribution in [0.1, 0.15) is 22.5 Å². The van der Waals surface area contributed by atoms with Crippen LogP contribution in [0.4, 0.5) is 5.95 Å². The summed E-state index contributed by atoms with van der Waals surface area (Å²) in [5.41, 5.74) is 7.30. The maximum Gasteiger partial charge on any atom is 0.289 e. The van der Waals surface area contributed by atoms with E-state index in [2.05, 4.69) is 14.9 Å². The van der Waals surface area contributed by atoms with Crippen LogP contribution < -0.4 is 5.73 Å². The van der Waals surface area contributed by atoms with Gasteiger partial charge < -0.3 is 15.1 Å². The van der Waals surface area contributed by atoms with Crippen LogP contribution in [0.5, 0.6) is 0 Å². The van der Waals surface area contributed by atoms with Gasteiger partial charge in [-0.1, -0.05) is 18.2 Å². The highest BCUT2D eigenvalue weighted by Gasteiger charge is 2.23. The van der Waals surface area contributed by atoms with E-state index in [1.54, 1.807) is 12.4 Å². The number of hydrogen-bond donors (Lipinski definition) is 1. The zero-order valence-electron chi connectivity index (χ0n) is 14.5. The molecule has 3 aromatic rings. The largest absolute Gasteiger partial charge is 0.451 e. The summed E-state index contributed by atoms with van der Waals surface area (Å²) < 4.78 is 5.72. The smallest absolute Gasteiger partial charge is 0.289 e. The molecule has 0 bridgehead atoms. The molecule has 2 aromatic heterocycles. The number of fused-ring (bicyclic) bond motifs is 1. The fourth-order valence-electron chi connectivity index (χ4n) is 3.28. The Morgan fingerprint density at radius 3 is 2.73 bits per heavy atom. The summed E-state index contributed by atoms with van der Waals surface area (Å²) in [5.74, 6) is 0.651. The fraction of sp³-hybridized carbons (Fsp3) is 0.316. The first-order valence-electron chi connectivity index (χ1n) is 8.76. The lowest BCUT2D eigenvalue weighted by atomic mass is 10.2. The van der Waals surface area contributed by atoms with Gasteiger partial charge in [-0.2, -0.15) is 0 Å². The van der Waals surface area contributed by atoms with Crippen molar-refractivity contribution >= 4 is 22.8 Å². The Hall–Kier alpha value is -2.93. The number of furan rings is 1. The summed E-state index contributed by atoms with van der Waals surface area (Å²) in [6.45, 7) is 3.88. The molecule has 0 unspecified atom stereocenters. The van der Waals surface area contributed by atoms with E-state index in [0.717, 1.165) is 49.1 Å². The number of anilines is 1. The number of hydrogen-bond acceptors (Lipinski definition) is 6. The summed E-state index contributed by atoms with van der Waals surface area (Å²) in [7, 11) is 0. The molecule has 3 heterocycles. The minimum Gasteiger partial charge on any atom is -0.451 e. The average molecular weight is 351 g/mol. The molecule has 1 amide bonds. The quantitative estimate of drug-likeness (QED) is 0.778. The molecule has 0 spiro atoms. The summed E-state index contributed by atoms with van der Waals surface area (Å²) in [6, 6.07) is 9.51. The minimum absolute atomic E-state index is 0.0427. The number of rotatable bonds is 3. The second-order valence-electron chi connectivity index (χ2n) is 6.52. The Balaban J connectivity index is 1.41. The van der Waals surface area contributed by atoms with Crippen LogP contribution in [0.25, 0.3) is 11.0 Å². The van der Waals surface area contributed by atoms with Crippen molar-refractivity contribution in [2.24, 2.45) is 0 Å². The normalized spacial score (nSPS) is 15.9. The van der Waals surface area contributed by atoms with E-state index in [1.807, 2.05) is 35.2 Å². The first kappa shape index (κ1) is 16.5. The van der Waals surface area contributed by atoms with Crippen molar-refractivity contribution in [1.29, 1.82) is 0 Å². The van der Waals surface area contributed by atoms with Gasteiger partial charge in [0.15, 0.2) is 5.76 Å². The monoisotopic (exact) mass is 351 g/mol. The van der Waals surface area contributed by atoms with Crippen molar-refractivity contribution in [3.8, 4) is 0 Å². The number of nitrogens with two attached hydrogens (primary N) is 1. The van der Waals surface area contributed by atoms with E-state index in [4.69, 9.17) is 10.2 Å². The van der Waals surface area contributed by atoms with E-state index >= 15 is 0 Å². The van der Waals surface area contributed by atoms with Crippen LogP contribution in [0.15, 0.2) is 47.1 Å². The molecule has 26 heavy (non-hydrogen) atoms. The third-order valence-electron chi connectivity index (χ3n) is 4.64. The molecule has 1 saturated heterocycles. The van der Waals surface area contributed by atoms with Crippen LogP contribution in [0.2, 0.25) is 0 Å². The number of carbonyl (C=O) groups excluding carboxylic acids is 1. The Morgan fingerprint density at radius 1 is 1.12 bits per heavy atom. The summed E-state index contributed by atoms with van der Waals surface area (Å²) in [6.07, 6.45) is 4.43. The van der Waals surface area contributed by atoms with E-state index in [0.29, 0.717) is 12.3 Å². The topological polar surface area (TPSA) is 88.5 Å². The number of nitrogens with zero attached hydrogens (tertiary/aromatic N) is 4. The molecule has 7 heteroatoms. The lowest BCUT2D eigenvalue weighted by Gasteiger charge is -2.21. The van der Waals surface area contributed by atoms with Crippen molar-refractivity contribution < 1.29 is 9.21 Å². The third kappa shape index (κ3) is 3.52. The molecule has 2 N–H and O–H groups in total. The average Bonchev–Trinajstić information content (AvgIpc) is 2.96. The van der Waals surface area contributed by atoms with E-state index in [-0.39, 0.29) is 11.9 Å². The first-order valence-corrected chi connectivity index (χ1v) is 8.76. The van der Waals surface area contributed by atoms with Crippen LogP contribution in [0.3, 0.4) is 0 Å². The molecular formula is C19H21N5O2. The van der Waals surface area contributed by atoms with Crippen molar-refractivity contribution in [3.63, 3.8) is 0 Å². The Bertz CT molecular complexity index is 873. The second-order valence-corrected chi connectivity index (χ2v) is 6.52. The Labute approximate surface area is 151 Å². The lowest BCUT2D eigenvalue weighted by Crippen LogP contribution is -2.34. The van der Waals surface area contributed by atoms with E-state index in [1.165, 1.54) is 0 Å². The van der Waals surface area contributed by atoms with Crippen LogP contribution in [0, 0.1) is 0 Å². The van der Waals surface area contributed by atoms with E-state index < -0.39 is 0 Å². The number of aromatic nitrogens is 2. The van der Waals surface area contributed by atoms with Crippen molar-refractivity contribution in [2.75, 3.05) is 31.9 Å². The molecule has 4 rings (SSSR count). The van der Waals surface area contributed by atoms with Gasteiger partial charge in [0.25, 0.3) is 5.91 Å². The molecule has 1 aliphatic rings. The predicted molar refractivity (Wildman–Crippen MR) is 98.5 cm³/mol. The van der Waals surface area contributed by atoms with Gasteiger partial charge in [0.1, 0.15) is 5.58 Å². The molecule has 1 fully saturated rings. The van der Waals surface area contributed by atoms with Gasteiger partial charge in [0.2, 0.25) is 5.95 Å². The standard InChI is InChI=1S/C19H21N5O2/c20-19-21-11-14(12-22-19)13-23-6-3-7-24(9-8-23)18(25)17-10-15-4-1-2-5-16(15)26-17/h1-2,4-5,10-12H,3,6-9,13H2,(H2,20,21,22). The Kier molecular flexibility index (Phi) is 4.53. The molecule has 0 aliphatic carbocycles. The second kappa shape index (κ2) is 7.13. The van der Waals surface area contributed by atoms with Crippen molar-refractivity contribution in [1.82, 2.24) is 19.8 Å². The van der Waals surface area contributed by atoms with Crippen LogP contribution in [-0.4, -0.2) is 51.9 Å². The predicted octanol–water partition coefficient (Wildman–Crippen LogP) is 2.15. The van der Waals surface area contributed by atoms with Crippen molar-refractivity contribution in [2.45, 2.75) is 13.0 Å². The van der Waals surface area contributed by atoms with Gasteiger partial charge in [0, 0.05) is 56.1 Å². The molecule has 0 radical (unpaired) electrons. The lowest BCUT2D eigenvalue weighted by molar-refractivity contribution is 0.0731. The first-order chi connectivity index (χ1) is 12.7. The highest BCUT2D eigenvalue weighted by molar-refractivity contribution is 5.96. The van der Waals surface area contributed by atoms with Gasteiger partial charge in [-0.05, 0) is 18.6 Å². The molecule has 0 saturated carbocycles. The summed E-state index contributed by atoms with van der Waals surface area (Å²) in [5, 5.41) is 0.954. The number of benzene rings is 1. The highest BCUT2D eigenvalue weighted by atomic mass is 16.3.